The van der Waals surface area contributed by atoms with Crippen LogP contribution in [0.15, 0.2) is 54.6 Å². The Morgan fingerprint density at radius 2 is 1.96 bits per heavy atom. The average molecular weight is 380 g/mol. The van der Waals surface area contributed by atoms with Gasteiger partial charge in [0.1, 0.15) is 5.75 Å². The van der Waals surface area contributed by atoms with E-state index < -0.39 is 0 Å². The molecule has 1 saturated heterocycles. The van der Waals surface area contributed by atoms with Crippen molar-refractivity contribution in [3.05, 3.63) is 65.7 Å². The van der Waals surface area contributed by atoms with E-state index in [0.717, 1.165) is 25.0 Å². The average Bonchev–Trinajstić information content (AvgIpc) is 3.25. The predicted molar refractivity (Wildman–Crippen MR) is 108 cm³/mol. The van der Waals surface area contributed by atoms with E-state index in [1.165, 1.54) is 6.08 Å². The minimum absolute atomic E-state index is 0.0643. The van der Waals surface area contributed by atoms with Gasteiger partial charge in [-0.15, -0.1) is 0 Å². The lowest BCUT2D eigenvalue weighted by Crippen LogP contribution is -2.32. The highest BCUT2D eigenvalue weighted by Crippen LogP contribution is 2.19. The fourth-order valence-electron chi connectivity index (χ4n) is 3.04. The standard InChI is InChI=1S/C22H24N2O4/c1-27-20-11-5-2-7-16(20)12-13-21(25)24-19-10-4-3-9-18(19)22(26)23-15-17-8-6-14-28-17/h2-5,7,9-13,17H,6,8,14-15H2,1H3,(H,23,26)(H,24,25)/b13-12+/t17-/m1/s1. The molecule has 0 aromatic heterocycles. The Bertz CT molecular complexity index is 857. The summed E-state index contributed by atoms with van der Waals surface area (Å²) in [6.45, 7) is 1.21. The summed E-state index contributed by atoms with van der Waals surface area (Å²) in [7, 11) is 1.58. The van der Waals surface area contributed by atoms with E-state index in [0.29, 0.717) is 23.5 Å². The molecule has 0 aliphatic carbocycles. The second-order valence-electron chi connectivity index (χ2n) is 6.46. The topological polar surface area (TPSA) is 76.7 Å². The molecule has 28 heavy (non-hydrogen) atoms. The minimum Gasteiger partial charge on any atom is -0.496 e. The number of para-hydroxylation sites is 2. The Balaban J connectivity index is 1.64. The molecule has 1 aliphatic heterocycles. The molecule has 1 heterocycles. The van der Waals surface area contributed by atoms with Gasteiger partial charge in [0.2, 0.25) is 5.91 Å². The van der Waals surface area contributed by atoms with Crippen LogP contribution in [0.1, 0.15) is 28.8 Å². The largest absolute Gasteiger partial charge is 0.496 e. The van der Waals surface area contributed by atoms with E-state index >= 15 is 0 Å². The van der Waals surface area contributed by atoms with Crippen molar-refractivity contribution in [1.29, 1.82) is 0 Å². The molecule has 1 aliphatic rings. The van der Waals surface area contributed by atoms with E-state index in [4.69, 9.17) is 9.47 Å². The number of benzene rings is 2. The van der Waals surface area contributed by atoms with Gasteiger partial charge in [-0.1, -0.05) is 30.3 Å². The minimum atomic E-state index is -0.328. The van der Waals surface area contributed by atoms with Gasteiger partial charge in [-0.05, 0) is 37.1 Å². The fraction of sp³-hybridized carbons (Fsp3) is 0.273. The van der Waals surface area contributed by atoms with Crippen LogP contribution in [0.4, 0.5) is 5.69 Å². The number of methoxy groups -OCH3 is 1. The number of hydrogen-bond acceptors (Lipinski definition) is 4. The van der Waals surface area contributed by atoms with Crippen LogP contribution in [-0.4, -0.2) is 38.2 Å². The van der Waals surface area contributed by atoms with Gasteiger partial charge < -0.3 is 20.1 Å². The molecule has 0 radical (unpaired) electrons. The molecular weight excluding hydrogens is 356 g/mol. The molecule has 3 rings (SSSR count). The van der Waals surface area contributed by atoms with Crippen LogP contribution in [0.25, 0.3) is 6.08 Å². The maximum atomic E-state index is 12.5. The van der Waals surface area contributed by atoms with Crippen LogP contribution >= 0.6 is 0 Å². The van der Waals surface area contributed by atoms with Gasteiger partial charge in [0, 0.05) is 24.8 Å². The van der Waals surface area contributed by atoms with Crippen LogP contribution in [0.2, 0.25) is 0 Å². The highest BCUT2D eigenvalue weighted by Gasteiger charge is 2.18. The molecule has 6 nitrogen and oxygen atoms in total. The first kappa shape index (κ1) is 19.6. The van der Waals surface area contributed by atoms with Gasteiger partial charge in [0.25, 0.3) is 5.91 Å². The van der Waals surface area contributed by atoms with Crippen molar-refractivity contribution in [1.82, 2.24) is 5.32 Å². The van der Waals surface area contributed by atoms with Gasteiger partial charge in [-0.2, -0.15) is 0 Å². The second-order valence-corrected chi connectivity index (χ2v) is 6.46. The zero-order valence-corrected chi connectivity index (χ0v) is 15.8. The Kier molecular flexibility index (Phi) is 6.81. The van der Waals surface area contributed by atoms with E-state index in [2.05, 4.69) is 10.6 Å². The van der Waals surface area contributed by atoms with Crippen LogP contribution in [0, 0.1) is 0 Å². The number of anilines is 1. The molecule has 0 unspecified atom stereocenters. The summed E-state index contributed by atoms with van der Waals surface area (Å²) in [6.07, 6.45) is 5.13. The number of nitrogens with one attached hydrogen (secondary N) is 2. The van der Waals surface area contributed by atoms with Crippen molar-refractivity contribution < 1.29 is 19.1 Å². The predicted octanol–water partition coefficient (Wildman–Crippen LogP) is 3.26. The summed E-state index contributed by atoms with van der Waals surface area (Å²) in [4.78, 5) is 24.9. The summed E-state index contributed by atoms with van der Waals surface area (Å²) in [5.41, 5.74) is 1.67. The van der Waals surface area contributed by atoms with Gasteiger partial charge in [-0.3, -0.25) is 9.59 Å². The number of ether oxygens (including phenoxy) is 2. The number of carbonyl (C=O) groups is 2. The number of carbonyl (C=O) groups excluding carboxylic acids is 2. The monoisotopic (exact) mass is 380 g/mol. The molecule has 0 spiro atoms. The Labute approximate surface area is 164 Å². The molecule has 1 fully saturated rings. The molecule has 2 aromatic rings. The molecule has 0 bridgehead atoms. The van der Waals surface area contributed by atoms with Crippen LogP contribution in [0.3, 0.4) is 0 Å². The lowest BCUT2D eigenvalue weighted by Gasteiger charge is -2.13. The zero-order chi connectivity index (χ0) is 19.8. The Hall–Kier alpha value is -3.12. The van der Waals surface area contributed by atoms with Gasteiger partial charge in [-0.25, -0.2) is 0 Å². The van der Waals surface area contributed by atoms with E-state index in [1.54, 1.807) is 37.5 Å². The lowest BCUT2D eigenvalue weighted by molar-refractivity contribution is -0.111. The normalized spacial score (nSPS) is 16.1. The first-order chi connectivity index (χ1) is 13.7. The van der Waals surface area contributed by atoms with Crippen LogP contribution in [-0.2, 0) is 9.53 Å². The van der Waals surface area contributed by atoms with Crippen molar-refractivity contribution in [2.24, 2.45) is 0 Å². The molecular formula is C22H24N2O4. The smallest absolute Gasteiger partial charge is 0.253 e. The highest BCUT2D eigenvalue weighted by molar-refractivity contribution is 6.07. The maximum absolute atomic E-state index is 12.5. The molecule has 2 N–H and O–H groups in total. The van der Waals surface area contributed by atoms with Crippen LogP contribution < -0.4 is 15.4 Å². The maximum Gasteiger partial charge on any atom is 0.253 e. The van der Waals surface area contributed by atoms with Crippen LogP contribution in [0.5, 0.6) is 5.75 Å². The summed E-state index contributed by atoms with van der Waals surface area (Å²) in [5.74, 6) is 0.117. The molecule has 1 atom stereocenters. The van der Waals surface area contributed by atoms with Crippen molar-refractivity contribution in [2.45, 2.75) is 18.9 Å². The Morgan fingerprint density at radius 1 is 1.18 bits per heavy atom. The highest BCUT2D eigenvalue weighted by atomic mass is 16.5. The van der Waals surface area contributed by atoms with E-state index in [-0.39, 0.29) is 17.9 Å². The third-order valence-electron chi connectivity index (χ3n) is 4.50. The number of amides is 2. The van der Waals surface area contributed by atoms with Crippen molar-refractivity contribution in [3.63, 3.8) is 0 Å². The lowest BCUT2D eigenvalue weighted by atomic mass is 10.1. The quantitative estimate of drug-likeness (QED) is 0.723. The van der Waals surface area contributed by atoms with Gasteiger partial charge in [0.05, 0.1) is 24.5 Å². The molecule has 146 valence electrons. The molecule has 6 heteroatoms. The summed E-state index contributed by atoms with van der Waals surface area (Å²) in [5, 5.41) is 5.65. The van der Waals surface area contributed by atoms with Gasteiger partial charge >= 0.3 is 0 Å². The molecule has 2 amide bonds. The van der Waals surface area contributed by atoms with Gasteiger partial charge in [0.15, 0.2) is 0 Å². The first-order valence-electron chi connectivity index (χ1n) is 9.28. The summed E-state index contributed by atoms with van der Waals surface area (Å²) in [6, 6.07) is 14.3. The SMILES string of the molecule is COc1ccccc1/C=C/C(=O)Nc1ccccc1C(=O)NC[C@H]1CCCO1. The van der Waals surface area contributed by atoms with E-state index in [1.807, 2.05) is 24.3 Å². The first-order valence-corrected chi connectivity index (χ1v) is 9.28. The summed E-state index contributed by atoms with van der Waals surface area (Å²) < 4.78 is 10.8. The third kappa shape index (κ3) is 5.20. The molecule has 2 aromatic carbocycles. The van der Waals surface area contributed by atoms with Crippen molar-refractivity contribution in [2.75, 3.05) is 25.6 Å². The number of hydrogen-bond donors (Lipinski definition) is 2. The fourth-order valence-corrected chi connectivity index (χ4v) is 3.04. The Morgan fingerprint density at radius 3 is 2.75 bits per heavy atom. The molecule has 0 saturated carbocycles. The second kappa shape index (κ2) is 9.71. The number of rotatable bonds is 7. The van der Waals surface area contributed by atoms with E-state index in [9.17, 15) is 9.59 Å². The third-order valence-corrected chi connectivity index (χ3v) is 4.50. The zero-order valence-electron chi connectivity index (χ0n) is 15.8. The van der Waals surface area contributed by atoms with Crippen molar-refractivity contribution in [3.8, 4) is 5.75 Å². The van der Waals surface area contributed by atoms with Crippen molar-refractivity contribution >= 4 is 23.6 Å². The summed E-state index contributed by atoms with van der Waals surface area (Å²) >= 11 is 0.